The molecule has 0 unspecified atom stereocenters. The molecule has 0 aliphatic carbocycles. The van der Waals surface area contributed by atoms with Gasteiger partial charge in [-0.25, -0.2) is 18.4 Å². The second-order valence-electron chi connectivity index (χ2n) is 4.17. The lowest BCUT2D eigenvalue weighted by Crippen LogP contribution is -2.12. The van der Waals surface area contributed by atoms with Gasteiger partial charge in [-0.1, -0.05) is 15.9 Å². The molecule has 0 atom stereocenters. The lowest BCUT2D eigenvalue weighted by atomic mass is 10.4. The van der Waals surface area contributed by atoms with Crippen molar-refractivity contribution in [3.05, 3.63) is 39.5 Å². The first-order valence-electron chi connectivity index (χ1n) is 5.89. The predicted molar refractivity (Wildman–Crippen MR) is 92.6 cm³/mol. The molecule has 0 bridgehead atoms. The maximum absolute atomic E-state index is 12.3. The van der Waals surface area contributed by atoms with Crippen molar-refractivity contribution in [2.24, 2.45) is 0 Å². The normalized spacial score (nSPS) is 11.5. The van der Waals surface area contributed by atoms with Crippen molar-refractivity contribution in [2.75, 3.05) is 10.5 Å². The van der Waals surface area contributed by atoms with E-state index in [-0.39, 0.29) is 10.0 Å². The summed E-state index contributed by atoms with van der Waals surface area (Å²) in [5, 5.41) is 4.23. The van der Waals surface area contributed by atoms with Crippen LogP contribution >= 0.6 is 38.6 Å². The van der Waals surface area contributed by atoms with E-state index < -0.39 is 10.0 Å². The van der Waals surface area contributed by atoms with Gasteiger partial charge >= 0.3 is 0 Å². The number of aromatic nitrogens is 2. The Morgan fingerprint density at radius 1 is 1.05 bits per heavy atom. The zero-order valence-electron chi connectivity index (χ0n) is 10.9. The van der Waals surface area contributed by atoms with Crippen molar-refractivity contribution in [2.45, 2.75) is 4.90 Å². The third-order valence-electron chi connectivity index (χ3n) is 2.63. The van der Waals surface area contributed by atoms with Crippen molar-refractivity contribution in [1.82, 2.24) is 9.97 Å². The molecule has 22 heavy (non-hydrogen) atoms. The number of hydrogen-bond donors (Lipinski definition) is 2. The number of benzene rings is 1. The number of nitrogen functional groups attached to an aromatic ring is 1. The third-order valence-corrected chi connectivity index (χ3v) is 6.08. The number of anilines is 2. The van der Waals surface area contributed by atoms with Gasteiger partial charge in [-0.3, -0.25) is 4.72 Å². The van der Waals surface area contributed by atoms with Gasteiger partial charge in [-0.05, 0) is 24.3 Å². The molecule has 3 rings (SSSR count). The minimum absolute atomic E-state index is 0.172. The molecule has 2 aromatic heterocycles. The summed E-state index contributed by atoms with van der Waals surface area (Å²) in [5.74, 6) is 0. The van der Waals surface area contributed by atoms with Gasteiger partial charge in [-0.2, -0.15) is 0 Å². The van der Waals surface area contributed by atoms with Crippen LogP contribution in [0.1, 0.15) is 0 Å². The van der Waals surface area contributed by atoms with Crippen LogP contribution in [0.25, 0.3) is 11.4 Å². The van der Waals surface area contributed by atoms with E-state index >= 15 is 0 Å². The summed E-state index contributed by atoms with van der Waals surface area (Å²) in [6.45, 7) is 0. The van der Waals surface area contributed by atoms with Gasteiger partial charge < -0.3 is 5.73 Å². The van der Waals surface area contributed by atoms with E-state index in [0.717, 1.165) is 4.47 Å². The molecule has 3 aromatic rings. The lowest BCUT2D eigenvalue weighted by Gasteiger charge is -2.04. The van der Waals surface area contributed by atoms with Gasteiger partial charge in [0.25, 0.3) is 10.0 Å². The Kier molecular flexibility index (Phi) is 4.17. The Balaban J connectivity index is 1.84. The van der Waals surface area contributed by atoms with E-state index in [1.807, 2.05) is 0 Å². The molecule has 0 amide bonds. The number of hydrogen-bond acceptors (Lipinski definition) is 7. The fourth-order valence-corrected chi connectivity index (χ4v) is 4.41. The third kappa shape index (κ3) is 3.29. The Labute approximate surface area is 143 Å². The van der Waals surface area contributed by atoms with Gasteiger partial charge in [0.05, 0.1) is 4.90 Å². The first-order chi connectivity index (χ1) is 10.4. The minimum Gasteiger partial charge on any atom is -0.375 e. The van der Waals surface area contributed by atoms with Crippen molar-refractivity contribution in [3.8, 4) is 11.4 Å². The van der Waals surface area contributed by atoms with Gasteiger partial charge in [-0.15, -0.1) is 22.7 Å². The molecule has 6 nitrogen and oxygen atoms in total. The largest absolute Gasteiger partial charge is 0.375 e. The zero-order chi connectivity index (χ0) is 15.7. The second kappa shape index (κ2) is 5.95. The van der Waals surface area contributed by atoms with Crippen LogP contribution < -0.4 is 10.5 Å². The van der Waals surface area contributed by atoms with Crippen LogP contribution in [0.3, 0.4) is 0 Å². The molecule has 10 heteroatoms. The molecular formula is C12H9BrN4O2S3. The summed E-state index contributed by atoms with van der Waals surface area (Å²) < 4.78 is 27.8. The summed E-state index contributed by atoms with van der Waals surface area (Å²) >= 11 is 5.77. The lowest BCUT2D eigenvalue weighted by molar-refractivity contribution is 0.601. The Bertz CT molecular complexity index is 903. The van der Waals surface area contributed by atoms with Crippen LogP contribution in [0, 0.1) is 0 Å². The van der Waals surface area contributed by atoms with Crippen molar-refractivity contribution >= 4 is 58.9 Å². The Morgan fingerprint density at radius 3 is 2.32 bits per heavy atom. The molecule has 0 spiro atoms. The first kappa shape index (κ1) is 15.4. The van der Waals surface area contributed by atoms with Crippen molar-refractivity contribution in [1.29, 1.82) is 0 Å². The predicted octanol–water partition coefficient (Wildman–Crippen LogP) is 3.41. The average Bonchev–Trinajstić information content (AvgIpc) is 3.08. The topological polar surface area (TPSA) is 98.0 Å². The summed E-state index contributed by atoms with van der Waals surface area (Å²) in [6, 6.07) is 6.37. The summed E-state index contributed by atoms with van der Waals surface area (Å²) in [4.78, 5) is 8.52. The van der Waals surface area contributed by atoms with Gasteiger partial charge in [0.1, 0.15) is 11.4 Å². The van der Waals surface area contributed by atoms with E-state index in [0.29, 0.717) is 16.5 Å². The molecule has 0 radical (unpaired) electrons. The second-order valence-corrected chi connectivity index (χ2v) is 8.51. The number of thiazole rings is 2. The number of sulfonamides is 1. The zero-order valence-corrected chi connectivity index (χ0v) is 14.9. The van der Waals surface area contributed by atoms with E-state index in [1.165, 1.54) is 34.8 Å². The van der Waals surface area contributed by atoms with Crippen LogP contribution in [0.5, 0.6) is 0 Å². The van der Waals surface area contributed by atoms with Gasteiger partial charge in [0.2, 0.25) is 0 Å². The highest BCUT2D eigenvalue weighted by Crippen LogP contribution is 2.28. The average molecular weight is 417 g/mol. The maximum atomic E-state index is 12.3. The van der Waals surface area contributed by atoms with Crippen molar-refractivity contribution < 1.29 is 8.42 Å². The molecule has 3 N–H and O–H groups in total. The first-order valence-corrected chi connectivity index (χ1v) is 9.93. The van der Waals surface area contributed by atoms with Crippen LogP contribution in [0.4, 0.5) is 10.3 Å². The van der Waals surface area contributed by atoms with Crippen LogP contribution in [0.2, 0.25) is 0 Å². The minimum atomic E-state index is -3.66. The standard InChI is InChI=1S/C12H9BrN4O2S3/c13-7-1-3-8(4-2-7)22(18,19)17-12-16-10(6-21-12)9-5-20-11(14)15-9/h1-6H,(H2,14,15)(H,16,17). The molecular weight excluding hydrogens is 408 g/mol. The van der Waals surface area contributed by atoms with E-state index in [2.05, 4.69) is 30.6 Å². The molecule has 0 saturated carbocycles. The smallest absolute Gasteiger partial charge is 0.263 e. The van der Waals surface area contributed by atoms with E-state index in [9.17, 15) is 8.42 Å². The number of halogens is 1. The molecule has 114 valence electrons. The Hall–Kier alpha value is -1.49. The molecule has 1 aromatic carbocycles. The monoisotopic (exact) mass is 416 g/mol. The quantitative estimate of drug-likeness (QED) is 0.678. The summed E-state index contributed by atoms with van der Waals surface area (Å²) in [7, 11) is -3.66. The van der Waals surface area contributed by atoms with Gasteiger partial charge in [0.15, 0.2) is 10.3 Å². The van der Waals surface area contributed by atoms with Gasteiger partial charge in [0, 0.05) is 15.2 Å². The Morgan fingerprint density at radius 2 is 1.68 bits per heavy atom. The summed E-state index contributed by atoms with van der Waals surface area (Å²) in [5.41, 5.74) is 6.80. The van der Waals surface area contributed by atoms with E-state index in [1.54, 1.807) is 22.9 Å². The van der Waals surface area contributed by atoms with Crippen molar-refractivity contribution in [3.63, 3.8) is 0 Å². The number of nitrogens with zero attached hydrogens (tertiary/aromatic N) is 2. The van der Waals surface area contributed by atoms with Crippen LogP contribution in [-0.2, 0) is 10.0 Å². The number of rotatable bonds is 4. The molecule has 0 aliphatic rings. The van der Waals surface area contributed by atoms with E-state index in [4.69, 9.17) is 5.73 Å². The molecule has 2 heterocycles. The molecule has 0 aliphatic heterocycles. The highest BCUT2D eigenvalue weighted by Gasteiger charge is 2.17. The SMILES string of the molecule is Nc1nc(-c2csc(NS(=O)(=O)c3ccc(Br)cc3)n2)cs1. The maximum Gasteiger partial charge on any atom is 0.263 e. The fraction of sp³-hybridized carbons (Fsp3) is 0. The van der Waals surface area contributed by atoms with Crippen LogP contribution in [0.15, 0.2) is 44.4 Å². The molecule has 0 saturated heterocycles. The highest BCUT2D eigenvalue weighted by molar-refractivity contribution is 9.10. The number of nitrogens with two attached hydrogens (primary N) is 1. The summed E-state index contributed by atoms with van der Waals surface area (Å²) in [6.07, 6.45) is 0. The fourth-order valence-electron chi connectivity index (χ4n) is 1.63. The van der Waals surface area contributed by atoms with Crippen LogP contribution in [-0.4, -0.2) is 18.4 Å². The highest BCUT2D eigenvalue weighted by atomic mass is 79.9. The molecule has 0 fully saturated rings. The number of nitrogens with one attached hydrogen (secondary N) is 1.